The number of nitro groups is 1. The molecular weight excluding hydrogens is 342 g/mol. The minimum Gasteiger partial charge on any atom is -0.452 e. The quantitative estimate of drug-likeness (QED) is 0.419. The maximum atomic E-state index is 12.0. The number of amides is 1. The van der Waals surface area contributed by atoms with E-state index in [9.17, 15) is 19.7 Å². The minimum atomic E-state index is -0.670. The number of nitrogens with zero attached hydrogens (tertiary/aromatic N) is 4. The predicted octanol–water partition coefficient (Wildman–Crippen LogP) is 1.74. The lowest BCUT2D eigenvalue weighted by Crippen LogP contribution is -2.21. The molecule has 0 radical (unpaired) electrons. The molecule has 10 nitrogen and oxygen atoms in total. The molecule has 0 unspecified atom stereocenters. The van der Waals surface area contributed by atoms with Crippen molar-refractivity contribution in [3.63, 3.8) is 0 Å². The van der Waals surface area contributed by atoms with Crippen molar-refractivity contribution in [3.8, 4) is 0 Å². The zero-order valence-corrected chi connectivity index (χ0v) is 13.6. The van der Waals surface area contributed by atoms with Crippen molar-refractivity contribution >= 4 is 28.9 Å². The number of hydrogen-bond donors (Lipinski definition) is 1. The number of fused-ring (bicyclic) bond motifs is 1. The first-order valence-electron chi connectivity index (χ1n) is 7.45. The first-order chi connectivity index (χ1) is 12.4. The molecule has 0 aliphatic rings. The average Bonchev–Trinajstić information content (AvgIpc) is 3.09. The molecule has 26 heavy (non-hydrogen) atoms. The number of nitro benzene ring substituents is 1. The van der Waals surface area contributed by atoms with Gasteiger partial charge in [-0.25, -0.2) is 4.79 Å². The Hall–Kier alpha value is -3.82. The number of benzene rings is 1. The SMILES string of the molecule is Cc1cc([N+](=O)[O-])ccc1NC(=O)COC(=O)c1ccc2nncn2c1. The fourth-order valence-electron chi connectivity index (χ4n) is 2.25. The van der Waals surface area contributed by atoms with Crippen LogP contribution in [0, 0.1) is 17.0 Å². The molecule has 2 heterocycles. The van der Waals surface area contributed by atoms with Crippen molar-refractivity contribution < 1.29 is 19.2 Å². The third-order valence-electron chi connectivity index (χ3n) is 3.56. The van der Waals surface area contributed by atoms with Gasteiger partial charge in [-0.05, 0) is 30.7 Å². The molecule has 0 saturated heterocycles. The van der Waals surface area contributed by atoms with E-state index in [1.807, 2.05) is 0 Å². The summed E-state index contributed by atoms with van der Waals surface area (Å²) in [6.45, 7) is 1.14. The summed E-state index contributed by atoms with van der Waals surface area (Å²) in [4.78, 5) is 34.2. The zero-order chi connectivity index (χ0) is 18.7. The highest BCUT2D eigenvalue weighted by Crippen LogP contribution is 2.21. The van der Waals surface area contributed by atoms with E-state index in [4.69, 9.17) is 4.74 Å². The summed E-state index contributed by atoms with van der Waals surface area (Å²) in [6.07, 6.45) is 2.94. The topological polar surface area (TPSA) is 129 Å². The molecular formula is C16H13N5O5. The van der Waals surface area contributed by atoms with Crippen LogP contribution in [-0.4, -0.2) is 38.0 Å². The van der Waals surface area contributed by atoms with Gasteiger partial charge in [-0.1, -0.05) is 0 Å². The highest BCUT2D eigenvalue weighted by atomic mass is 16.6. The Morgan fingerprint density at radius 1 is 1.31 bits per heavy atom. The Morgan fingerprint density at radius 2 is 2.12 bits per heavy atom. The summed E-state index contributed by atoms with van der Waals surface area (Å²) in [7, 11) is 0. The highest BCUT2D eigenvalue weighted by molar-refractivity contribution is 5.96. The molecule has 0 aliphatic carbocycles. The van der Waals surface area contributed by atoms with Gasteiger partial charge in [0.15, 0.2) is 12.3 Å². The average molecular weight is 355 g/mol. The summed E-state index contributed by atoms with van der Waals surface area (Å²) < 4.78 is 6.53. The summed E-state index contributed by atoms with van der Waals surface area (Å²) >= 11 is 0. The van der Waals surface area contributed by atoms with Gasteiger partial charge in [0.05, 0.1) is 10.5 Å². The van der Waals surface area contributed by atoms with Gasteiger partial charge in [0, 0.05) is 24.0 Å². The summed E-state index contributed by atoms with van der Waals surface area (Å²) in [5.41, 5.74) is 1.68. The zero-order valence-electron chi connectivity index (χ0n) is 13.6. The third kappa shape index (κ3) is 3.64. The van der Waals surface area contributed by atoms with Crippen molar-refractivity contribution in [1.82, 2.24) is 14.6 Å². The maximum Gasteiger partial charge on any atom is 0.340 e. The molecule has 1 N–H and O–H groups in total. The van der Waals surface area contributed by atoms with E-state index in [1.165, 1.54) is 36.8 Å². The number of rotatable bonds is 5. The van der Waals surface area contributed by atoms with E-state index in [2.05, 4.69) is 15.5 Å². The number of aryl methyl sites for hydroxylation is 1. The number of hydrogen-bond acceptors (Lipinski definition) is 7. The van der Waals surface area contributed by atoms with Crippen molar-refractivity contribution in [2.24, 2.45) is 0 Å². The Morgan fingerprint density at radius 3 is 2.85 bits per heavy atom. The number of anilines is 1. The summed E-state index contributed by atoms with van der Waals surface area (Å²) in [5.74, 6) is -1.23. The molecule has 3 rings (SSSR count). The Balaban J connectivity index is 1.59. The van der Waals surface area contributed by atoms with Crippen molar-refractivity contribution in [1.29, 1.82) is 0 Å². The fraction of sp³-hybridized carbons (Fsp3) is 0.125. The van der Waals surface area contributed by atoms with Crippen LogP contribution in [0.5, 0.6) is 0 Å². The second-order valence-corrected chi connectivity index (χ2v) is 5.39. The molecule has 132 valence electrons. The molecule has 0 aliphatic heterocycles. The van der Waals surface area contributed by atoms with E-state index < -0.39 is 23.4 Å². The van der Waals surface area contributed by atoms with E-state index in [0.717, 1.165) is 0 Å². The highest BCUT2D eigenvalue weighted by Gasteiger charge is 2.13. The van der Waals surface area contributed by atoms with Gasteiger partial charge in [0.1, 0.15) is 6.33 Å². The lowest BCUT2D eigenvalue weighted by molar-refractivity contribution is -0.384. The minimum absolute atomic E-state index is 0.0729. The molecule has 0 saturated carbocycles. The first kappa shape index (κ1) is 17.0. The van der Waals surface area contributed by atoms with E-state index in [0.29, 0.717) is 16.9 Å². The van der Waals surface area contributed by atoms with Gasteiger partial charge < -0.3 is 10.1 Å². The number of pyridine rings is 1. The van der Waals surface area contributed by atoms with Crippen LogP contribution in [0.2, 0.25) is 0 Å². The normalized spacial score (nSPS) is 10.5. The predicted molar refractivity (Wildman–Crippen MR) is 89.7 cm³/mol. The Kier molecular flexibility index (Phi) is 4.56. The van der Waals surface area contributed by atoms with Gasteiger partial charge in [0.2, 0.25) is 0 Å². The number of esters is 1. The smallest absolute Gasteiger partial charge is 0.340 e. The van der Waals surface area contributed by atoms with E-state index >= 15 is 0 Å². The van der Waals surface area contributed by atoms with Crippen LogP contribution in [0.1, 0.15) is 15.9 Å². The molecule has 0 atom stereocenters. The van der Waals surface area contributed by atoms with E-state index in [-0.39, 0.29) is 11.3 Å². The lowest BCUT2D eigenvalue weighted by Gasteiger charge is -2.09. The van der Waals surface area contributed by atoms with Crippen LogP contribution in [0.4, 0.5) is 11.4 Å². The molecule has 1 amide bonds. The number of nitrogens with one attached hydrogen (secondary N) is 1. The van der Waals surface area contributed by atoms with Crippen LogP contribution in [0.3, 0.4) is 0 Å². The van der Waals surface area contributed by atoms with Gasteiger partial charge in [-0.15, -0.1) is 10.2 Å². The van der Waals surface area contributed by atoms with Crippen LogP contribution in [0.15, 0.2) is 42.9 Å². The standard InChI is InChI=1S/C16H13N5O5/c1-10-6-12(21(24)25)3-4-13(10)18-15(22)8-26-16(23)11-2-5-14-19-17-9-20(14)7-11/h2-7,9H,8H2,1H3,(H,18,22). The molecule has 0 fully saturated rings. The fourth-order valence-corrected chi connectivity index (χ4v) is 2.25. The van der Waals surface area contributed by atoms with Crippen molar-refractivity contribution in [3.05, 3.63) is 64.1 Å². The molecule has 0 bridgehead atoms. The first-order valence-corrected chi connectivity index (χ1v) is 7.45. The van der Waals surface area contributed by atoms with Crippen molar-refractivity contribution in [2.75, 3.05) is 11.9 Å². The second kappa shape index (κ2) is 6.97. The largest absolute Gasteiger partial charge is 0.452 e. The van der Waals surface area contributed by atoms with Crippen LogP contribution < -0.4 is 5.32 Å². The van der Waals surface area contributed by atoms with Crippen LogP contribution >= 0.6 is 0 Å². The lowest BCUT2D eigenvalue weighted by atomic mass is 10.2. The van der Waals surface area contributed by atoms with E-state index in [1.54, 1.807) is 17.4 Å². The summed E-state index contributed by atoms with van der Waals surface area (Å²) in [5, 5.41) is 20.8. The van der Waals surface area contributed by atoms with Gasteiger partial charge in [0.25, 0.3) is 11.6 Å². The van der Waals surface area contributed by atoms with Crippen LogP contribution in [0.25, 0.3) is 5.65 Å². The Bertz CT molecular complexity index is 1010. The van der Waals surface area contributed by atoms with Gasteiger partial charge in [-0.3, -0.25) is 19.3 Å². The number of ether oxygens (including phenoxy) is 1. The van der Waals surface area contributed by atoms with Gasteiger partial charge >= 0.3 is 5.97 Å². The molecule has 3 aromatic rings. The van der Waals surface area contributed by atoms with Gasteiger partial charge in [-0.2, -0.15) is 0 Å². The maximum absolute atomic E-state index is 12.0. The van der Waals surface area contributed by atoms with Crippen LogP contribution in [-0.2, 0) is 9.53 Å². The second-order valence-electron chi connectivity index (χ2n) is 5.39. The third-order valence-corrected chi connectivity index (χ3v) is 3.56. The Labute approximate surface area is 146 Å². The number of carbonyl (C=O) groups excluding carboxylic acids is 2. The monoisotopic (exact) mass is 355 g/mol. The molecule has 2 aromatic heterocycles. The molecule has 1 aromatic carbocycles. The number of non-ortho nitro benzene ring substituents is 1. The molecule has 10 heteroatoms. The van der Waals surface area contributed by atoms with Crippen molar-refractivity contribution in [2.45, 2.75) is 6.92 Å². The molecule has 0 spiro atoms. The summed E-state index contributed by atoms with van der Waals surface area (Å²) in [6, 6.07) is 7.17. The number of aromatic nitrogens is 3. The number of carbonyl (C=O) groups is 2.